The van der Waals surface area contributed by atoms with Crippen LogP contribution in [0, 0.1) is 0 Å². The molecule has 1 aliphatic rings. The van der Waals surface area contributed by atoms with Crippen LogP contribution in [-0.4, -0.2) is 10.4 Å². The van der Waals surface area contributed by atoms with Gasteiger partial charge in [-0.3, -0.25) is 4.98 Å². The van der Waals surface area contributed by atoms with E-state index in [1.165, 1.54) is 16.5 Å². The highest BCUT2D eigenvalue weighted by molar-refractivity contribution is 6.22. The van der Waals surface area contributed by atoms with Gasteiger partial charge in [0.2, 0.25) is 0 Å². The van der Waals surface area contributed by atoms with Gasteiger partial charge in [-0.1, -0.05) is 24.3 Å². The van der Waals surface area contributed by atoms with E-state index in [4.69, 9.17) is 11.6 Å². The van der Waals surface area contributed by atoms with E-state index in [1.807, 2.05) is 12.3 Å². The number of fused-ring (bicyclic) bond motifs is 1. The van der Waals surface area contributed by atoms with Gasteiger partial charge in [-0.15, -0.1) is 11.6 Å². The second-order valence-electron chi connectivity index (χ2n) is 4.16. The topological polar surface area (TPSA) is 12.9 Å². The maximum absolute atomic E-state index is 6.08. The van der Waals surface area contributed by atoms with Crippen LogP contribution in [0.3, 0.4) is 0 Å². The monoisotopic (exact) mass is 229 g/mol. The minimum atomic E-state index is 0.203. The lowest BCUT2D eigenvalue weighted by molar-refractivity contribution is 0.942. The molecule has 0 amide bonds. The summed E-state index contributed by atoms with van der Waals surface area (Å²) in [6, 6.07) is 10.5. The molecule has 0 saturated carbocycles. The molecular weight excluding hydrogens is 218 g/mol. The third-order valence-corrected chi connectivity index (χ3v) is 3.39. The molecule has 0 bridgehead atoms. The Hall–Kier alpha value is -1.34. The molecule has 80 valence electrons. The van der Waals surface area contributed by atoms with Crippen LogP contribution >= 0.6 is 11.6 Å². The molecule has 1 aromatic carbocycles. The van der Waals surface area contributed by atoms with Crippen LogP contribution < -0.4 is 0 Å². The molecule has 1 atom stereocenters. The average molecular weight is 230 g/mol. The zero-order chi connectivity index (χ0) is 11.0. The van der Waals surface area contributed by atoms with Crippen molar-refractivity contribution in [2.75, 3.05) is 0 Å². The largest absolute Gasteiger partial charge is 0.256 e. The van der Waals surface area contributed by atoms with Gasteiger partial charge in [-0.2, -0.15) is 0 Å². The normalized spacial score (nSPS) is 20.1. The maximum atomic E-state index is 6.08. The minimum Gasteiger partial charge on any atom is -0.256 e. The van der Waals surface area contributed by atoms with Gasteiger partial charge in [0, 0.05) is 11.6 Å². The van der Waals surface area contributed by atoms with Crippen LogP contribution in [0.15, 0.2) is 42.6 Å². The van der Waals surface area contributed by atoms with E-state index in [2.05, 4.69) is 35.3 Å². The van der Waals surface area contributed by atoms with Crippen LogP contribution in [0.25, 0.3) is 16.5 Å². The Morgan fingerprint density at radius 1 is 1.25 bits per heavy atom. The van der Waals surface area contributed by atoms with Crippen LogP contribution in [0.1, 0.15) is 18.4 Å². The van der Waals surface area contributed by atoms with E-state index >= 15 is 0 Å². The fourth-order valence-corrected chi connectivity index (χ4v) is 2.45. The summed E-state index contributed by atoms with van der Waals surface area (Å²) in [5, 5.41) is 1.39. The predicted octanol–water partition coefficient (Wildman–Crippen LogP) is 4.02. The third kappa shape index (κ3) is 1.72. The summed E-state index contributed by atoms with van der Waals surface area (Å²) in [7, 11) is 0. The SMILES string of the molecule is ClC1C=C(c2ccc3cccnc3c2)CC1. The highest BCUT2D eigenvalue weighted by Gasteiger charge is 2.14. The van der Waals surface area contributed by atoms with Gasteiger partial charge in [-0.05, 0) is 36.1 Å². The molecule has 0 saturated heterocycles. The zero-order valence-electron chi connectivity index (χ0n) is 8.86. The molecule has 0 fully saturated rings. The number of pyridine rings is 1. The highest BCUT2D eigenvalue weighted by Crippen LogP contribution is 2.31. The molecule has 1 heterocycles. The molecular formula is C14H12ClN. The lowest BCUT2D eigenvalue weighted by atomic mass is 10.0. The van der Waals surface area contributed by atoms with Gasteiger partial charge in [0.15, 0.2) is 0 Å². The molecule has 1 nitrogen and oxygen atoms in total. The van der Waals surface area contributed by atoms with E-state index < -0.39 is 0 Å². The number of hydrogen-bond acceptors (Lipinski definition) is 1. The van der Waals surface area contributed by atoms with Crippen molar-refractivity contribution >= 4 is 28.1 Å². The Balaban J connectivity index is 2.09. The van der Waals surface area contributed by atoms with Crippen molar-refractivity contribution in [2.45, 2.75) is 18.2 Å². The Kier molecular flexibility index (Phi) is 2.41. The number of hydrogen-bond donors (Lipinski definition) is 0. The van der Waals surface area contributed by atoms with Crippen molar-refractivity contribution in [1.29, 1.82) is 0 Å². The lowest BCUT2D eigenvalue weighted by Gasteiger charge is -2.03. The Morgan fingerprint density at radius 2 is 2.19 bits per heavy atom. The molecule has 2 heteroatoms. The summed E-state index contributed by atoms with van der Waals surface area (Å²) in [6.45, 7) is 0. The summed E-state index contributed by atoms with van der Waals surface area (Å²) in [5.74, 6) is 0. The summed E-state index contributed by atoms with van der Waals surface area (Å²) >= 11 is 6.08. The van der Waals surface area contributed by atoms with Gasteiger partial charge in [0.05, 0.1) is 10.9 Å². The number of alkyl halides is 1. The summed E-state index contributed by atoms with van der Waals surface area (Å²) in [5.41, 5.74) is 3.67. The van der Waals surface area contributed by atoms with Gasteiger partial charge < -0.3 is 0 Å². The molecule has 1 aliphatic carbocycles. The molecule has 2 aromatic rings. The van der Waals surface area contributed by atoms with Crippen LogP contribution in [0.5, 0.6) is 0 Å². The Morgan fingerprint density at radius 3 is 3.00 bits per heavy atom. The second kappa shape index (κ2) is 3.91. The molecule has 0 radical (unpaired) electrons. The van der Waals surface area contributed by atoms with Gasteiger partial charge in [0.1, 0.15) is 0 Å². The first-order chi connectivity index (χ1) is 7.83. The molecule has 0 spiro atoms. The molecule has 1 unspecified atom stereocenters. The van der Waals surface area contributed by atoms with E-state index in [1.54, 1.807) is 0 Å². The number of benzene rings is 1. The van der Waals surface area contributed by atoms with Gasteiger partial charge >= 0.3 is 0 Å². The van der Waals surface area contributed by atoms with Crippen LogP contribution in [0.4, 0.5) is 0 Å². The first-order valence-corrected chi connectivity index (χ1v) is 5.96. The van der Waals surface area contributed by atoms with Crippen LogP contribution in [0.2, 0.25) is 0 Å². The Bertz CT molecular complexity index is 559. The number of nitrogens with zero attached hydrogens (tertiary/aromatic N) is 1. The molecule has 16 heavy (non-hydrogen) atoms. The van der Waals surface area contributed by atoms with Crippen molar-refractivity contribution in [3.8, 4) is 0 Å². The van der Waals surface area contributed by atoms with E-state index in [0.717, 1.165) is 18.4 Å². The van der Waals surface area contributed by atoms with Crippen molar-refractivity contribution in [3.05, 3.63) is 48.2 Å². The number of halogens is 1. The van der Waals surface area contributed by atoms with Crippen molar-refractivity contribution in [1.82, 2.24) is 4.98 Å². The lowest BCUT2D eigenvalue weighted by Crippen LogP contribution is -1.83. The summed E-state index contributed by atoms with van der Waals surface area (Å²) < 4.78 is 0. The van der Waals surface area contributed by atoms with Crippen LogP contribution in [-0.2, 0) is 0 Å². The van der Waals surface area contributed by atoms with Crippen molar-refractivity contribution in [2.24, 2.45) is 0 Å². The summed E-state index contributed by atoms with van der Waals surface area (Å²) in [6.07, 6.45) is 6.12. The molecule has 0 N–H and O–H groups in total. The number of allylic oxidation sites excluding steroid dienone is 2. The first-order valence-electron chi connectivity index (χ1n) is 5.53. The molecule has 1 aromatic heterocycles. The standard InChI is InChI=1S/C14H12ClN/c15-13-6-5-11(8-13)12-4-3-10-2-1-7-16-14(10)9-12/h1-4,7-9,13H,5-6H2. The zero-order valence-corrected chi connectivity index (χ0v) is 9.61. The smallest absolute Gasteiger partial charge is 0.0708 e. The number of aromatic nitrogens is 1. The fourth-order valence-electron chi connectivity index (χ4n) is 2.19. The summed E-state index contributed by atoms with van der Waals surface area (Å²) in [4.78, 5) is 4.37. The van der Waals surface area contributed by atoms with Gasteiger partial charge in [-0.25, -0.2) is 0 Å². The van der Waals surface area contributed by atoms with E-state index in [0.29, 0.717) is 0 Å². The van der Waals surface area contributed by atoms with Crippen molar-refractivity contribution < 1.29 is 0 Å². The predicted molar refractivity (Wildman–Crippen MR) is 68.6 cm³/mol. The quantitative estimate of drug-likeness (QED) is 0.673. The highest BCUT2D eigenvalue weighted by atomic mass is 35.5. The first kappa shape index (κ1) is 9.86. The van der Waals surface area contributed by atoms with Crippen molar-refractivity contribution in [3.63, 3.8) is 0 Å². The molecule has 3 rings (SSSR count). The maximum Gasteiger partial charge on any atom is 0.0708 e. The number of rotatable bonds is 1. The Labute approximate surface area is 99.8 Å². The van der Waals surface area contributed by atoms with E-state index in [9.17, 15) is 0 Å². The average Bonchev–Trinajstić information content (AvgIpc) is 2.75. The van der Waals surface area contributed by atoms with Gasteiger partial charge in [0.25, 0.3) is 0 Å². The van der Waals surface area contributed by atoms with E-state index in [-0.39, 0.29) is 5.38 Å². The molecule has 0 aliphatic heterocycles. The minimum absolute atomic E-state index is 0.203. The third-order valence-electron chi connectivity index (χ3n) is 3.05. The second-order valence-corrected chi connectivity index (χ2v) is 4.72. The fraction of sp³-hybridized carbons (Fsp3) is 0.214.